The van der Waals surface area contributed by atoms with E-state index in [0.717, 1.165) is 6.20 Å². The van der Waals surface area contributed by atoms with Crippen LogP contribution >= 0.6 is 0 Å². The molecule has 3 heterocycles. The van der Waals surface area contributed by atoms with Crippen molar-refractivity contribution in [1.29, 1.82) is 0 Å². The van der Waals surface area contributed by atoms with Crippen LogP contribution in [0.1, 0.15) is 16.2 Å². The van der Waals surface area contributed by atoms with Crippen molar-refractivity contribution in [3.63, 3.8) is 0 Å². The van der Waals surface area contributed by atoms with Gasteiger partial charge in [0.25, 0.3) is 5.91 Å². The molecular weight excluding hydrogens is 341 g/mol. The van der Waals surface area contributed by atoms with Gasteiger partial charge < -0.3 is 19.9 Å². The van der Waals surface area contributed by atoms with Crippen LogP contribution in [0.25, 0.3) is 0 Å². The van der Waals surface area contributed by atoms with Crippen LogP contribution in [0.5, 0.6) is 0 Å². The summed E-state index contributed by atoms with van der Waals surface area (Å²) >= 11 is 0. The molecule has 0 atom stereocenters. The van der Waals surface area contributed by atoms with Gasteiger partial charge in [-0.2, -0.15) is 15.0 Å². The number of hydrogen-bond donors (Lipinski definition) is 1. The van der Waals surface area contributed by atoms with Crippen molar-refractivity contribution in [3.8, 4) is 0 Å². The van der Waals surface area contributed by atoms with Crippen molar-refractivity contribution < 1.29 is 13.9 Å². The first-order valence-corrected chi connectivity index (χ1v) is 8.17. The second kappa shape index (κ2) is 8.00. The van der Waals surface area contributed by atoms with Crippen LogP contribution in [0.4, 0.5) is 16.3 Å². The van der Waals surface area contributed by atoms with Crippen LogP contribution in [0, 0.1) is 5.82 Å². The monoisotopic (exact) mass is 361 g/mol. The van der Waals surface area contributed by atoms with Crippen molar-refractivity contribution >= 4 is 17.8 Å². The molecule has 1 saturated heterocycles. The van der Waals surface area contributed by atoms with E-state index in [1.165, 1.54) is 12.3 Å². The number of halogens is 1. The quantitative estimate of drug-likeness (QED) is 0.809. The van der Waals surface area contributed by atoms with E-state index < -0.39 is 11.7 Å². The summed E-state index contributed by atoms with van der Waals surface area (Å²) in [6.45, 7) is 2.64. The third-order valence-corrected chi connectivity index (χ3v) is 3.78. The molecule has 138 valence electrons. The molecule has 1 fully saturated rings. The molecule has 2 aromatic rings. The first-order chi connectivity index (χ1) is 12.5. The van der Waals surface area contributed by atoms with Crippen LogP contribution in [-0.4, -0.2) is 66.2 Å². The highest BCUT2D eigenvalue weighted by Crippen LogP contribution is 2.14. The van der Waals surface area contributed by atoms with E-state index in [1.54, 1.807) is 4.90 Å². The Hall–Kier alpha value is -2.88. The number of morpholine rings is 1. The topological polar surface area (TPSA) is 96.4 Å². The number of amides is 1. The van der Waals surface area contributed by atoms with E-state index in [9.17, 15) is 9.18 Å². The molecule has 0 aliphatic carbocycles. The largest absolute Gasteiger partial charge is 0.378 e. The van der Waals surface area contributed by atoms with E-state index in [2.05, 4.69) is 25.3 Å². The minimum atomic E-state index is -0.677. The lowest BCUT2D eigenvalue weighted by Crippen LogP contribution is -2.38. The van der Waals surface area contributed by atoms with Crippen molar-refractivity contribution in [2.75, 3.05) is 50.2 Å². The third kappa shape index (κ3) is 4.20. The summed E-state index contributed by atoms with van der Waals surface area (Å²) in [5.41, 5.74) is -0.0738. The van der Waals surface area contributed by atoms with Gasteiger partial charge >= 0.3 is 0 Å². The number of nitrogens with one attached hydrogen (secondary N) is 1. The average molecular weight is 361 g/mol. The summed E-state index contributed by atoms with van der Waals surface area (Å²) in [5.74, 6) is 0.188. The van der Waals surface area contributed by atoms with Gasteiger partial charge in [0, 0.05) is 33.4 Å². The van der Waals surface area contributed by atoms with Crippen LogP contribution in [-0.2, 0) is 11.3 Å². The van der Waals surface area contributed by atoms with Gasteiger partial charge in [0.2, 0.25) is 11.9 Å². The average Bonchev–Trinajstić information content (AvgIpc) is 2.67. The number of ether oxygens (including phenoxy) is 1. The number of hydrogen-bond acceptors (Lipinski definition) is 8. The van der Waals surface area contributed by atoms with Gasteiger partial charge in [0.15, 0.2) is 11.6 Å². The lowest BCUT2D eigenvalue weighted by molar-refractivity contribution is 0.0945. The summed E-state index contributed by atoms with van der Waals surface area (Å²) in [5, 5.41) is 2.63. The van der Waals surface area contributed by atoms with E-state index >= 15 is 0 Å². The highest BCUT2D eigenvalue weighted by atomic mass is 19.1. The van der Waals surface area contributed by atoms with E-state index in [4.69, 9.17) is 4.74 Å². The lowest BCUT2D eigenvalue weighted by atomic mass is 10.2. The molecule has 1 aliphatic rings. The van der Waals surface area contributed by atoms with E-state index in [0.29, 0.717) is 44.0 Å². The molecule has 0 aromatic carbocycles. The molecule has 26 heavy (non-hydrogen) atoms. The molecule has 1 N–H and O–H groups in total. The molecule has 3 rings (SSSR count). The Balaban J connectivity index is 1.77. The number of pyridine rings is 1. The maximum absolute atomic E-state index is 13.7. The lowest BCUT2D eigenvalue weighted by Gasteiger charge is -2.27. The number of carbonyl (C=O) groups excluding carboxylic acids is 1. The maximum Gasteiger partial charge on any atom is 0.254 e. The first-order valence-electron chi connectivity index (χ1n) is 8.17. The third-order valence-electron chi connectivity index (χ3n) is 3.78. The van der Waals surface area contributed by atoms with Gasteiger partial charge in [-0.1, -0.05) is 0 Å². The number of nitrogens with zero attached hydrogens (tertiary/aromatic N) is 6. The number of carbonyl (C=O) groups is 1. The molecule has 0 radical (unpaired) electrons. The fourth-order valence-corrected chi connectivity index (χ4v) is 2.39. The Morgan fingerprint density at radius 2 is 2.08 bits per heavy atom. The van der Waals surface area contributed by atoms with Crippen molar-refractivity contribution in [1.82, 2.24) is 25.3 Å². The molecule has 0 spiro atoms. The molecule has 0 saturated carbocycles. The summed E-state index contributed by atoms with van der Waals surface area (Å²) < 4.78 is 19.0. The molecule has 0 bridgehead atoms. The SMILES string of the molecule is CN(C)c1nc(CNC(=O)c2ccncc2F)nc(N2CCOCC2)n1. The van der Waals surface area contributed by atoms with Gasteiger partial charge in [0.1, 0.15) is 0 Å². The highest BCUT2D eigenvalue weighted by Gasteiger charge is 2.18. The standard InChI is InChI=1S/C16H20FN7O2/c1-23(2)15-20-13(21-16(22-15)24-5-7-26-8-6-24)10-19-14(25)11-3-4-18-9-12(11)17/h3-4,9H,5-8,10H2,1-2H3,(H,19,25). The van der Waals surface area contributed by atoms with Gasteiger partial charge in [0.05, 0.1) is 31.5 Å². The minimum absolute atomic E-state index is 0.0568. The normalized spacial score (nSPS) is 14.2. The van der Waals surface area contributed by atoms with E-state index in [1.807, 2.05) is 19.0 Å². The second-order valence-electron chi connectivity index (χ2n) is 5.88. The van der Waals surface area contributed by atoms with Gasteiger partial charge in [-0.15, -0.1) is 0 Å². The summed E-state index contributed by atoms with van der Waals surface area (Å²) in [6, 6.07) is 1.32. The molecule has 1 aliphatic heterocycles. The predicted octanol–water partition coefficient (Wildman–Crippen LogP) is 0.238. The fourth-order valence-electron chi connectivity index (χ4n) is 2.39. The Kier molecular flexibility index (Phi) is 5.52. The van der Waals surface area contributed by atoms with Crippen LogP contribution in [0.15, 0.2) is 18.5 Å². The Labute approximate surface area is 150 Å². The first kappa shape index (κ1) is 17.9. The number of aromatic nitrogens is 4. The Bertz CT molecular complexity index is 781. The molecular formula is C16H20FN7O2. The molecule has 0 unspecified atom stereocenters. The zero-order chi connectivity index (χ0) is 18.5. The van der Waals surface area contributed by atoms with Gasteiger partial charge in [-0.25, -0.2) is 4.39 Å². The number of anilines is 2. The van der Waals surface area contributed by atoms with Gasteiger partial charge in [-0.05, 0) is 6.07 Å². The van der Waals surface area contributed by atoms with Crippen molar-refractivity contribution in [2.45, 2.75) is 6.54 Å². The van der Waals surface area contributed by atoms with Crippen LogP contribution in [0.3, 0.4) is 0 Å². The second-order valence-corrected chi connectivity index (χ2v) is 5.88. The summed E-state index contributed by atoms with van der Waals surface area (Å²) in [6.07, 6.45) is 2.36. The Morgan fingerprint density at radius 3 is 2.77 bits per heavy atom. The molecule has 1 amide bonds. The van der Waals surface area contributed by atoms with Crippen molar-refractivity contribution in [3.05, 3.63) is 35.7 Å². The van der Waals surface area contributed by atoms with Crippen molar-refractivity contribution in [2.24, 2.45) is 0 Å². The number of rotatable bonds is 5. The fraction of sp³-hybridized carbons (Fsp3) is 0.438. The summed E-state index contributed by atoms with van der Waals surface area (Å²) in [7, 11) is 3.65. The van der Waals surface area contributed by atoms with Gasteiger partial charge in [-0.3, -0.25) is 9.78 Å². The molecule has 2 aromatic heterocycles. The highest BCUT2D eigenvalue weighted by molar-refractivity contribution is 5.94. The zero-order valence-electron chi connectivity index (χ0n) is 14.6. The van der Waals surface area contributed by atoms with Crippen LogP contribution in [0.2, 0.25) is 0 Å². The Morgan fingerprint density at radius 1 is 1.31 bits per heavy atom. The molecule has 9 nitrogen and oxygen atoms in total. The van der Waals surface area contributed by atoms with E-state index in [-0.39, 0.29) is 12.1 Å². The molecule has 10 heteroatoms. The summed E-state index contributed by atoms with van der Waals surface area (Å²) in [4.78, 5) is 32.8. The zero-order valence-corrected chi connectivity index (χ0v) is 14.6. The predicted molar refractivity (Wildman–Crippen MR) is 92.6 cm³/mol. The minimum Gasteiger partial charge on any atom is -0.378 e. The van der Waals surface area contributed by atoms with Crippen LogP contribution < -0.4 is 15.1 Å². The maximum atomic E-state index is 13.7. The smallest absolute Gasteiger partial charge is 0.254 e.